The van der Waals surface area contributed by atoms with Crippen LogP contribution < -0.4 is 10.6 Å². The Morgan fingerprint density at radius 3 is 2.81 bits per heavy atom. The molecule has 1 aromatic heterocycles. The number of hydrogen-bond donors (Lipinski definition) is 3. The van der Waals surface area contributed by atoms with Crippen LogP contribution in [0.1, 0.15) is 35.1 Å². The van der Waals surface area contributed by atoms with Gasteiger partial charge in [0.05, 0.1) is 0 Å². The molecule has 1 aliphatic heterocycles. The van der Waals surface area contributed by atoms with Gasteiger partial charge in [0.25, 0.3) is 0 Å². The zero-order valence-corrected chi connectivity index (χ0v) is 18.1. The maximum Gasteiger partial charge on any atom is 0.248 e. The average Bonchev–Trinajstić information content (AvgIpc) is 3.66. The molecule has 2 amide bonds. The monoisotopic (exact) mass is 429 g/mol. The number of hydrogen-bond acceptors (Lipinski definition) is 5. The fourth-order valence-corrected chi connectivity index (χ4v) is 3.92. The molecule has 0 radical (unpaired) electrons. The number of aromatic nitrogens is 1. The lowest BCUT2D eigenvalue weighted by Crippen LogP contribution is -2.36. The zero-order valence-electron chi connectivity index (χ0n) is 18.1. The largest absolute Gasteiger partial charge is 0.393 e. The fraction of sp³-hybridized carbons (Fsp3) is 0.280. The molecule has 1 fully saturated rings. The highest BCUT2D eigenvalue weighted by Crippen LogP contribution is 2.33. The number of rotatable bonds is 7. The van der Waals surface area contributed by atoms with Crippen molar-refractivity contribution in [2.45, 2.75) is 25.8 Å². The van der Waals surface area contributed by atoms with Crippen LogP contribution >= 0.6 is 0 Å². The van der Waals surface area contributed by atoms with Crippen molar-refractivity contribution in [2.75, 3.05) is 18.9 Å². The van der Waals surface area contributed by atoms with Gasteiger partial charge in [0.1, 0.15) is 0 Å². The Bertz CT molecular complexity index is 1100. The van der Waals surface area contributed by atoms with Crippen molar-refractivity contribution >= 4 is 35.4 Å². The molecule has 4 rings (SSSR count). The summed E-state index contributed by atoms with van der Waals surface area (Å²) >= 11 is 0. The smallest absolute Gasteiger partial charge is 0.248 e. The van der Waals surface area contributed by atoms with E-state index in [1.165, 1.54) is 17.9 Å². The maximum atomic E-state index is 12.5. The number of allylic oxidation sites excluding steroid dienone is 1. The lowest BCUT2D eigenvalue weighted by Gasteiger charge is -2.29. The van der Waals surface area contributed by atoms with Crippen LogP contribution in [0.3, 0.4) is 0 Å². The van der Waals surface area contributed by atoms with E-state index in [0.29, 0.717) is 17.8 Å². The SMILES string of the molecule is CN/C=C(\C=N)c1ccncc1/C=C/C(=O)Nc1ccc2c(c1)CN(C(=O)C1CC1)CC2. The molecule has 0 bridgehead atoms. The summed E-state index contributed by atoms with van der Waals surface area (Å²) in [6.45, 7) is 1.37. The molecule has 0 saturated heterocycles. The Labute approximate surface area is 187 Å². The molecule has 3 N–H and O–H groups in total. The number of nitrogens with zero attached hydrogens (tertiary/aromatic N) is 2. The summed E-state index contributed by atoms with van der Waals surface area (Å²) in [5.41, 5.74) is 5.27. The minimum absolute atomic E-state index is 0.220. The van der Waals surface area contributed by atoms with Gasteiger partial charge in [-0.25, -0.2) is 0 Å². The molecule has 32 heavy (non-hydrogen) atoms. The van der Waals surface area contributed by atoms with E-state index in [9.17, 15) is 9.59 Å². The van der Waals surface area contributed by atoms with E-state index in [1.54, 1.807) is 31.7 Å². The van der Waals surface area contributed by atoms with Gasteiger partial charge >= 0.3 is 0 Å². The van der Waals surface area contributed by atoms with Gasteiger partial charge in [-0.1, -0.05) is 6.07 Å². The highest BCUT2D eigenvalue weighted by molar-refractivity contribution is 6.10. The lowest BCUT2D eigenvalue weighted by atomic mass is 9.98. The highest BCUT2D eigenvalue weighted by atomic mass is 16.2. The molecule has 2 heterocycles. The van der Waals surface area contributed by atoms with Crippen LogP contribution in [0.25, 0.3) is 11.6 Å². The molecule has 0 atom stereocenters. The quantitative estimate of drug-likeness (QED) is 0.465. The van der Waals surface area contributed by atoms with Crippen molar-refractivity contribution in [3.05, 3.63) is 71.2 Å². The van der Waals surface area contributed by atoms with Gasteiger partial charge in [0.15, 0.2) is 0 Å². The molecule has 2 aromatic rings. The van der Waals surface area contributed by atoms with E-state index >= 15 is 0 Å². The number of benzene rings is 1. The summed E-state index contributed by atoms with van der Waals surface area (Å²) in [6, 6.07) is 7.71. The number of fused-ring (bicyclic) bond motifs is 1. The number of carbonyl (C=O) groups is 2. The van der Waals surface area contributed by atoms with E-state index in [-0.39, 0.29) is 17.7 Å². The number of nitrogens with one attached hydrogen (secondary N) is 3. The molecule has 0 spiro atoms. The summed E-state index contributed by atoms with van der Waals surface area (Å²) < 4.78 is 0. The van der Waals surface area contributed by atoms with E-state index in [4.69, 9.17) is 5.41 Å². The van der Waals surface area contributed by atoms with E-state index in [1.807, 2.05) is 29.2 Å². The normalized spacial score (nSPS) is 15.9. The van der Waals surface area contributed by atoms with Crippen LogP contribution in [0.5, 0.6) is 0 Å². The summed E-state index contributed by atoms with van der Waals surface area (Å²) in [5, 5.41) is 13.5. The van der Waals surface area contributed by atoms with Gasteiger partial charge < -0.3 is 20.9 Å². The second-order valence-corrected chi connectivity index (χ2v) is 8.09. The minimum Gasteiger partial charge on any atom is -0.393 e. The topological polar surface area (TPSA) is 98.2 Å². The third-order valence-corrected chi connectivity index (χ3v) is 5.76. The maximum absolute atomic E-state index is 12.5. The first-order valence-corrected chi connectivity index (χ1v) is 10.8. The molecular formula is C25H27N5O2. The zero-order chi connectivity index (χ0) is 22.5. The van der Waals surface area contributed by atoms with Crippen molar-refractivity contribution < 1.29 is 9.59 Å². The molecule has 164 valence electrons. The number of anilines is 1. The van der Waals surface area contributed by atoms with Gasteiger partial charge in [-0.05, 0) is 60.2 Å². The second-order valence-electron chi connectivity index (χ2n) is 8.09. The van der Waals surface area contributed by atoms with Crippen molar-refractivity contribution in [3.8, 4) is 0 Å². The van der Waals surface area contributed by atoms with E-state index in [0.717, 1.165) is 42.5 Å². The van der Waals surface area contributed by atoms with Crippen LogP contribution in [-0.2, 0) is 22.6 Å². The van der Waals surface area contributed by atoms with Crippen LogP contribution in [0, 0.1) is 11.3 Å². The van der Waals surface area contributed by atoms with E-state index < -0.39 is 0 Å². The molecule has 1 aromatic carbocycles. The third-order valence-electron chi connectivity index (χ3n) is 5.76. The summed E-state index contributed by atoms with van der Waals surface area (Å²) in [4.78, 5) is 31.0. The Hall–Kier alpha value is -3.74. The number of pyridine rings is 1. The van der Waals surface area contributed by atoms with Crippen LogP contribution in [0.15, 0.2) is 48.9 Å². The van der Waals surface area contributed by atoms with Crippen LogP contribution in [0.2, 0.25) is 0 Å². The van der Waals surface area contributed by atoms with Gasteiger partial charge in [0.2, 0.25) is 11.8 Å². The molecule has 7 nitrogen and oxygen atoms in total. The number of carbonyl (C=O) groups excluding carboxylic acids is 2. The molecule has 0 unspecified atom stereocenters. The molecule has 2 aliphatic rings. The summed E-state index contributed by atoms with van der Waals surface area (Å²) in [6.07, 6.45) is 12.3. The molecule has 1 aliphatic carbocycles. The van der Waals surface area contributed by atoms with Crippen molar-refractivity contribution in [2.24, 2.45) is 5.92 Å². The summed E-state index contributed by atoms with van der Waals surface area (Å²) in [5.74, 6) is 0.227. The Kier molecular flexibility index (Phi) is 6.44. The van der Waals surface area contributed by atoms with Crippen molar-refractivity contribution in [1.29, 1.82) is 5.41 Å². The first-order chi connectivity index (χ1) is 15.6. The third kappa shape index (κ3) is 4.94. The van der Waals surface area contributed by atoms with Gasteiger partial charge in [0, 0.05) is 73.8 Å². The Morgan fingerprint density at radius 1 is 1.22 bits per heavy atom. The number of amides is 2. The second kappa shape index (κ2) is 9.60. The predicted octanol–water partition coefficient (Wildman–Crippen LogP) is 3.24. The first kappa shape index (κ1) is 21.5. The van der Waals surface area contributed by atoms with E-state index in [2.05, 4.69) is 15.6 Å². The lowest BCUT2D eigenvalue weighted by molar-refractivity contribution is -0.133. The predicted molar refractivity (Wildman–Crippen MR) is 126 cm³/mol. The molecule has 1 saturated carbocycles. The molecule has 7 heteroatoms. The average molecular weight is 430 g/mol. The van der Waals surface area contributed by atoms with Gasteiger partial charge in [-0.15, -0.1) is 0 Å². The molecular weight excluding hydrogens is 402 g/mol. The highest BCUT2D eigenvalue weighted by Gasteiger charge is 2.34. The van der Waals surface area contributed by atoms with Crippen molar-refractivity contribution in [3.63, 3.8) is 0 Å². The minimum atomic E-state index is -0.254. The first-order valence-electron chi connectivity index (χ1n) is 10.8. The fourth-order valence-electron chi connectivity index (χ4n) is 3.92. The van der Waals surface area contributed by atoms with Gasteiger partial charge in [-0.3, -0.25) is 14.6 Å². The van der Waals surface area contributed by atoms with Crippen LogP contribution in [0.4, 0.5) is 5.69 Å². The van der Waals surface area contributed by atoms with Crippen LogP contribution in [-0.4, -0.2) is 41.5 Å². The summed E-state index contributed by atoms with van der Waals surface area (Å²) in [7, 11) is 1.77. The van der Waals surface area contributed by atoms with Crippen molar-refractivity contribution in [1.82, 2.24) is 15.2 Å². The Balaban J connectivity index is 1.45. The van der Waals surface area contributed by atoms with Gasteiger partial charge in [-0.2, -0.15) is 0 Å². The Morgan fingerprint density at radius 2 is 2.06 bits per heavy atom. The standard InChI is InChI=1S/C25H27N5O2/c1-27-14-21(13-26)23-8-10-28-15-19(23)5-7-24(31)29-22-6-4-17-9-11-30(16-20(17)12-22)25(32)18-2-3-18/h4-8,10,12-15,18,26-27H,2-3,9,11,16H2,1H3,(H,29,31)/b7-5+,21-14+,26-13?.